The van der Waals surface area contributed by atoms with Crippen LogP contribution in [0.1, 0.15) is 11.0 Å². The molecule has 2 nitrogen and oxygen atoms in total. The number of nitrogens with zero attached hydrogens (tertiary/aromatic N) is 1. The van der Waals surface area contributed by atoms with Gasteiger partial charge >= 0.3 is 0 Å². The Bertz CT molecular complexity index is 410. The molecule has 0 amide bonds. The molecular formula is C9H9NO. The summed E-state index contributed by atoms with van der Waals surface area (Å²) in [5, 5.41) is 8.51. The van der Waals surface area contributed by atoms with Crippen LogP contribution in [0.15, 0.2) is 24.2 Å². The predicted octanol–water partition coefficient (Wildman–Crippen LogP) is 1.76. The van der Waals surface area contributed by atoms with E-state index in [-0.39, 0.29) is 41.9 Å². The standard InChI is InChI=1S/C9H9NO/c1-11-9-4-2-8(3-5-9)6-7-10/h2-5H,6H2,1H3/i2D,3D,4D,5D. The summed E-state index contributed by atoms with van der Waals surface area (Å²) >= 11 is 0. The van der Waals surface area contributed by atoms with Gasteiger partial charge in [-0.25, -0.2) is 0 Å². The normalized spacial score (nSPS) is 13.8. The van der Waals surface area contributed by atoms with Gasteiger partial charge in [-0.3, -0.25) is 0 Å². The molecule has 1 aromatic carbocycles. The lowest BCUT2D eigenvalue weighted by atomic mass is 10.2. The van der Waals surface area contributed by atoms with Crippen LogP contribution in [0.5, 0.6) is 5.75 Å². The number of rotatable bonds is 2. The molecule has 0 unspecified atom stereocenters. The fraction of sp³-hybridized carbons (Fsp3) is 0.222. The predicted molar refractivity (Wildman–Crippen MR) is 42.3 cm³/mol. The number of ether oxygens (including phenoxy) is 1. The highest BCUT2D eigenvalue weighted by molar-refractivity contribution is 5.28. The summed E-state index contributed by atoms with van der Waals surface area (Å²) in [6.07, 6.45) is -0.139. The average molecular weight is 151 g/mol. The van der Waals surface area contributed by atoms with E-state index in [9.17, 15) is 0 Å². The van der Waals surface area contributed by atoms with E-state index in [1.54, 1.807) is 0 Å². The van der Waals surface area contributed by atoms with Crippen molar-refractivity contribution >= 4 is 0 Å². The third-order valence-electron chi connectivity index (χ3n) is 1.11. The molecule has 0 spiro atoms. The van der Waals surface area contributed by atoms with E-state index in [0.717, 1.165) is 0 Å². The SMILES string of the molecule is [2H]c1c([2H])c(OC)c([2H])c([2H])c1CC#N. The Labute approximate surface area is 71.7 Å². The molecule has 0 radical (unpaired) electrons. The van der Waals surface area contributed by atoms with Gasteiger partial charge in [0, 0.05) is 0 Å². The molecule has 0 aliphatic carbocycles. The molecule has 1 rings (SSSR count). The van der Waals surface area contributed by atoms with Crippen molar-refractivity contribution in [2.24, 2.45) is 0 Å². The lowest BCUT2D eigenvalue weighted by Gasteiger charge is -1.98. The van der Waals surface area contributed by atoms with Crippen LogP contribution in [0.2, 0.25) is 0 Å². The summed E-state index contributed by atoms with van der Waals surface area (Å²) < 4.78 is 34.9. The minimum Gasteiger partial charge on any atom is -0.497 e. The quantitative estimate of drug-likeness (QED) is 0.645. The van der Waals surface area contributed by atoms with Crippen LogP contribution in [-0.2, 0) is 6.42 Å². The Morgan fingerprint density at radius 3 is 2.64 bits per heavy atom. The van der Waals surface area contributed by atoms with Gasteiger partial charge in [0.2, 0.25) is 0 Å². The van der Waals surface area contributed by atoms with E-state index in [1.807, 2.05) is 6.07 Å². The molecule has 0 aromatic heterocycles. The molecule has 0 N–H and O–H groups in total. The second-order valence-corrected chi connectivity index (χ2v) is 1.85. The van der Waals surface area contributed by atoms with Crippen molar-refractivity contribution in [1.82, 2.24) is 0 Å². The molecule has 0 aliphatic rings. The second kappa shape index (κ2) is 3.62. The van der Waals surface area contributed by atoms with Crippen LogP contribution >= 0.6 is 0 Å². The molecule has 0 fully saturated rings. The summed E-state index contributed by atoms with van der Waals surface area (Å²) in [5.41, 5.74) is 0.105. The van der Waals surface area contributed by atoms with Crippen molar-refractivity contribution in [2.45, 2.75) is 6.42 Å². The number of hydrogen-bond acceptors (Lipinski definition) is 2. The van der Waals surface area contributed by atoms with Crippen LogP contribution in [0.25, 0.3) is 0 Å². The van der Waals surface area contributed by atoms with E-state index in [1.165, 1.54) is 7.11 Å². The van der Waals surface area contributed by atoms with E-state index >= 15 is 0 Å². The lowest BCUT2D eigenvalue weighted by Crippen LogP contribution is -1.84. The van der Waals surface area contributed by atoms with Crippen molar-refractivity contribution in [2.75, 3.05) is 7.11 Å². The topological polar surface area (TPSA) is 33.0 Å². The Balaban J connectivity index is 3.53. The average Bonchev–Trinajstić information content (AvgIpc) is 2.23. The summed E-state index contributed by atoms with van der Waals surface area (Å²) in [4.78, 5) is 0. The largest absolute Gasteiger partial charge is 0.497 e. The maximum Gasteiger partial charge on any atom is 0.118 e. The van der Waals surface area contributed by atoms with Gasteiger partial charge in [-0.15, -0.1) is 0 Å². The molecule has 0 saturated heterocycles. The zero-order valence-corrected chi connectivity index (χ0v) is 6.06. The van der Waals surface area contributed by atoms with Gasteiger partial charge in [0.1, 0.15) is 5.75 Å². The van der Waals surface area contributed by atoms with Crippen molar-refractivity contribution in [3.63, 3.8) is 0 Å². The number of methoxy groups -OCH3 is 1. The highest BCUT2D eigenvalue weighted by Gasteiger charge is 1.91. The Kier molecular flexibility index (Phi) is 1.24. The van der Waals surface area contributed by atoms with Gasteiger partial charge in [0.05, 0.1) is 25.1 Å². The van der Waals surface area contributed by atoms with Gasteiger partial charge in [-0.1, -0.05) is 12.1 Å². The zero-order chi connectivity index (χ0) is 11.6. The molecule has 0 heterocycles. The highest BCUT2D eigenvalue weighted by atomic mass is 16.5. The first-order valence-electron chi connectivity index (χ1n) is 5.04. The molecule has 0 atom stereocenters. The van der Waals surface area contributed by atoms with E-state index in [2.05, 4.69) is 0 Å². The minimum atomic E-state index is -0.247. The molecule has 0 aliphatic heterocycles. The fourth-order valence-corrected chi connectivity index (χ4v) is 0.596. The Morgan fingerprint density at radius 1 is 1.55 bits per heavy atom. The number of benzene rings is 1. The van der Waals surface area contributed by atoms with Gasteiger partial charge in [0.15, 0.2) is 0 Å². The maximum atomic E-state index is 8.51. The van der Waals surface area contributed by atoms with Crippen molar-refractivity contribution in [1.29, 1.82) is 5.26 Å². The van der Waals surface area contributed by atoms with E-state index < -0.39 is 0 Å². The number of nitriles is 1. The molecule has 0 bridgehead atoms. The molecule has 56 valence electrons. The summed E-state index contributed by atoms with van der Waals surface area (Å²) in [6, 6.07) is 0.890. The third kappa shape index (κ3) is 1.98. The zero-order valence-electron chi connectivity index (χ0n) is 10.1. The summed E-state index contributed by atoms with van der Waals surface area (Å²) in [7, 11) is 1.29. The highest BCUT2D eigenvalue weighted by Crippen LogP contribution is 2.10. The first-order chi connectivity index (χ1) is 7.04. The van der Waals surface area contributed by atoms with Gasteiger partial charge in [-0.05, 0) is 17.6 Å². The smallest absolute Gasteiger partial charge is 0.118 e. The Morgan fingerprint density at radius 2 is 2.18 bits per heavy atom. The maximum absolute atomic E-state index is 8.51. The summed E-state index contributed by atoms with van der Waals surface area (Å²) in [5.74, 6) is -0.0910. The first kappa shape index (κ1) is 3.77. The summed E-state index contributed by atoms with van der Waals surface area (Å²) in [6.45, 7) is 0. The molecule has 1 aromatic rings. The van der Waals surface area contributed by atoms with E-state index in [0.29, 0.717) is 0 Å². The molecule has 0 saturated carbocycles. The monoisotopic (exact) mass is 151 g/mol. The minimum absolute atomic E-state index is 0.0910. The van der Waals surface area contributed by atoms with Crippen molar-refractivity contribution in [3.05, 3.63) is 29.7 Å². The van der Waals surface area contributed by atoms with E-state index in [4.69, 9.17) is 15.5 Å². The van der Waals surface area contributed by atoms with Gasteiger partial charge < -0.3 is 4.74 Å². The third-order valence-corrected chi connectivity index (χ3v) is 1.11. The Hall–Kier alpha value is -1.49. The van der Waals surface area contributed by atoms with Crippen LogP contribution < -0.4 is 4.74 Å². The fourth-order valence-electron chi connectivity index (χ4n) is 0.596. The van der Waals surface area contributed by atoms with Crippen LogP contribution in [0, 0.1) is 11.3 Å². The molecule has 2 heteroatoms. The lowest BCUT2D eigenvalue weighted by molar-refractivity contribution is 0.414. The number of hydrogen-bond donors (Lipinski definition) is 0. The van der Waals surface area contributed by atoms with Gasteiger partial charge in [0.25, 0.3) is 0 Å². The molecule has 11 heavy (non-hydrogen) atoms. The second-order valence-electron chi connectivity index (χ2n) is 1.85. The molecular weight excluding hydrogens is 138 g/mol. The van der Waals surface area contributed by atoms with Gasteiger partial charge in [-0.2, -0.15) is 5.26 Å². The van der Waals surface area contributed by atoms with Crippen LogP contribution in [0.3, 0.4) is 0 Å². The van der Waals surface area contributed by atoms with Crippen LogP contribution in [-0.4, -0.2) is 7.11 Å². The first-order valence-corrected chi connectivity index (χ1v) is 3.04. The van der Waals surface area contributed by atoms with Crippen molar-refractivity contribution < 1.29 is 10.2 Å². The van der Waals surface area contributed by atoms with Crippen LogP contribution in [0.4, 0.5) is 0 Å². The van der Waals surface area contributed by atoms with Crippen molar-refractivity contribution in [3.8, 4) is 11.8 Å².